The minimum atomic E-state index is -0.554. The molecule has 0 aliphatic carbocycles. The van der Waals surface area contributed by atoms with E-state index in [4.69, 9.17) is 0 Å². The summed E-state index contributed by atoms with van der Waals surface area (Å²) < 4.78 is 15.6. The van der Waals surface area contributed by atoms with Crippen LogP contribution >= 0.6 is 0 Å². The number of pyridine rings is 2. The molecule has 4 rings (SSSR count). The molecule has 0 aliphatic heterocycles. The van der Waals surface area contributed by atoms with Gasteiger partial charge in [0.25, 0.3) is 11.5 Å². The predicted octanol–water partition coefficient (Wildman–Crippen LogP) is 2.12. The van der Waals surface area contributed by atoms with Gasteiger partial charge in [0, 0.05) is 36.0 Å². The van der Waals surface area contributed by atoms with Gasteiger partial charge in [-0.05, 0) is 35.9 Å². The van der Waals surface area contributed by atoms with E-state index in [1.165, 1.54) is 22.7 Å². The highest BCUT2D eigenvalue weighted by molar-refractivity contribution is 5.92. The average molecular weight is 376 g/mol. The van der Waals surface area contributed by atoms with E-state index >= 15 is 0 Å². The minimum Gasteiger partial charge on any atom is -0.347 e. The molecule has 8 heteroatoms. The molecule has 0 saturated heterocycles. The number of carbonyl (C=O) groups is 2. The maximum Gasteiger partial charge on any atom is 0.270 e. The molecule has 138 valence electrons. The van der Waals surface area contributed by atoms with Crippen molar-refractivity contribution in [2.45, 2.75) is 6.54 Å². The summed E-state index contributed by atoms with van der Waals surface area (Å²) in [6.07, 6.45) is 3.48. The molecule has 1 aromatic carbocycles. The molecule has 1 amide bonds. The number of aldehydes is 1. The molecule has 0 spiro atoms. The number of hydrogen-bond donors (Lipinski definition) is 1. The first kappa shape index (κ1) is 17.5. The standard InChI is InChI=1S/C20H13FN4O3/c21-15-7-12(5-14-6-13(11-26)10-22-19(14)15)9-23-20(28)16-8-18(27)25-4-2-1-3-17(25)24-16/h1-8,10-11H,9H2,(H,23,28). The van der Waals surface area contributed by atoms with Crippen LogP contribution in [0.15, 0.2) is 59.7 Å². The largest absolute Gasteiger partial charge is 0.347 e. The summed E-state index contributed by atoms with van der Waals surface area (Å²) in [5.74, 6) is -1.11. The van der Waals surface area contributed by atoms with Crippen molar-refractivity contribution in [1.29, 1.82) is 0 Å². The summed E-state index contributed by atoms with van der Waals surface area (Å²) in [6, 6.07) is 10.6. The average Bonchev–Trinajstić information content (AvgIpc) is 2.71. The number of fused-ring (bicyclic) bond motifs is 2. The summed E-state index contributed by atoms with van der Waals surface area (Å²) in [5.41, 5.74) is 0.909. The van der Waals surface area contributed by atoms with E-state index in [0.717, 1.165) is 6.07 Å². The fourth-order valence-electron chi connectivity index (χ4n) is 2.89. The number of carbonyl (C=O) groups excluding carboxylic acids is 2. The molecule has 4 aromatic rings. The van der Waals surface area contributed by atoms with Gasteiger partial charge in [0.05, 0.1) is 0 Å². The Morgan fingerprint density at radius 1 is 1.21 bits per heavy atom. The van der Waals surface area contributed by atoms with Gasteiger partial charge in [0.2, 0.25) is 0 Å². The lowest BCUT2D eigenvalue weighted by Crippen LogP contribution is -2.27. The third-order valence-corrected chi connectivity index (χ3v) is 4.21. The zero-order chi connectivity index (χ0) is 19.7. The van der Waals surface area contributed by atoms with Crippen LogP contribution in [0.3, 0.4) is 0 Å². The third-order valence-electron chi connectivity index (χ3n) is 4.21. The second kappa shape index (κ2) is 6.99. The van der Waals surface area contributed by atoms with Crippen LogP contribution in [-0.4, -0.2) is 26.6 Å². The maximum absolute atomic E-state index is 14.2. The molecule has 0 radical (unpaired) electrons. The molecule has 0 bridgehead atoms. The minimum absolute atomic E-state index is 0.0207. The van der Waals surface area contributed by atoms with E-state index in [0.29, 0.717) is 28.4 Å². The molecule has 0 saturated carbocycles. The summed E-state index contributed by atoms with van der Waals surface area (Å²) >= 11 is 0. The predicted molar refractivity (Wildman–Crippen MR) is 99.7 cm³/mol. The third kappa shape index (κ3) is 3.23. The smallest absolute Gasteiger partial charge is 0.270 e. The van der Waals surface area contributed by atoms with Crippen LogP contribution in [0.4, 0.5) is 4.39 Å². The van der Waals surface area contributed by atoms with Crippen molar-refractivity contribution in [2.75, 3.05) is 0 Å². The SMILES string of the molecule is O=Cc1cnc2c(F)cc(CNC(=O)c3cc(=O)n4ccccc4n3)cc2c1. The molecule has 0 aliphatic rings. The first-order valence-corrected chi connectivity index (χ1v) is 8.35. The Bertz CT molecular complexity index is 1300. The summed E-state index contributed by atoms with van der Waals surface area (Å²) in [5, 5.41) is 3.08. The second-order valence-electron chi connectivity index (χ2n) is 6.13. The monoisotopic (exact) mass is 376 g/mol. The van der Waals surface area contributed by atoms with Crippen molar-refractivity contribution in [1.82, 2.24) is 19.7 Å². The number of nitrogens with one attached hydrogen (secondary N) is 1. The molecule has 3 heterocycles. The van der Waals surface area contributed by atoms with E-state index in [-0.39, 0.29) is 23.3 Å². The highest BCUT2D eigenvalue weighted by Crippen LogP contribution is 2.19. The quantitative estimate of drug-likeness (QED) is 0.551. The van der Waals surface area contributed by atoms with Gasteiger partial charge in [-0.2, -0.15) is 0 Å². The fraction of sp³-hybridized carbons (Fsp3) is 0.0500. The Morgan fingerprint density at radius 2 is 2.07 bits per heavy atom. The van der Waals surface area contributed by atoms with Crippen molar-refractivity contribution in [3.63, 3.8) is 0 Å². The van der Waals surface area contributed by atoms with Crippen LogP contribution in [0.1, 0.15) is 26.4 Å². The lowest BCUT2D eigenvalue weighted by molar-refractivity contribution is 0.0945. The van der Waals surface area contributed by atoms with E-state index in [9.17, 15) is 18.8 Å². The van der Waals surface area contributed by atoms with Crippen molar-refractivity contribution in [3.05, 3.63) is 87.9 Å². The Balaban J connectivity index is 1.59. The van der Waals surface area contributed by atoms with Gasteiger partial charge >= 0.3 is 0 Å². The van der Waals surface area contributed by atoms with Crippen LogP contribution in [0.5, 0.6) is 0 Å². The van der Waals surface area contributed by atoms with Gasteiger partial charge in [0.15, 0.2) is 6.29 Å². The van der Waals surface area contributed by atoms with Crippen molar-refractivity contribution < 1.29 is 14.0 Å². The molecule has 0 unspecified atom stereocenters. The van der Waals surface area contributed by atoms with Gasteiger partial charge in [-0.3, -0.25) is 23.8 Å². The number of benzene rings is 1. The van der Waals surface area contributed by atoms with E-state index in [1.807, 2.05) is 0 Å². The van der Waals surface area contributed by atoms with Crippen LogP contribution < -0.4 is 10.9 Å². The van der Waals surface area contributed by atoms with Crippen molar-refractivity contribution in [2.24, 2.45) is 0 Å². The highest BCUT2D eigenvalue weighted by atomic mass is 19.1. The molecular weight excluding hydrogens is 363 g/mol. The van der Waals surface area contributed by atoms with E-state index in [1.54, 1.807) is 30.5 Å². The summed E-state index contributed by atoms with van der Waals surface area (Å²) in [4.78, 5) is 43.5. The Kier molecular flexibility index (Phi) is 4.36. The topological polar surface area (TPSA) is 93.4 Å². The molecule has 0 atom stereocenters. The Labute approximate surface area is 157 Å². The van der Waals surface area contributed by atoms with Crippen LogP contribution in [0.2, 0.25) is 0 Å². The Morgan fingerprint density at radius 3 is 2.89 bits per heavy atom. The summed E-state index contributed by atoms with van der Waals surface area (Å²) in [7, 11) is 0. The lowest BCUT2D eigenvalue weighted by Gasteiger charge is -2.08. The molecule has 7 nitrogen and oxygen atoms in total. The van der Waals surface area contributed by atoms with E-state index in [2.05, 4.69) is 15.3 Å². The molecular formula is C20H13FN4O3. The Hall–Kier alpha value is -3.94. The van der Waals surface area contributed by atoms with Crippen LogP contribution in [0.25, 0.3) is 16.6 Å². The number of rotatable bonds is 4. The fourth-order valence-corrected chi connectivity index (χ4v) is 2.89. The van der Waals surface area contributed by atoms with Gasteiger partial charge in [-0.15, -0.1) is 0 Å². The van der Waals surface area contributed by atoms with Crippen molar-refractivity contribution >= 4 is 28.7 Å². The number of halogens is 1. The molecule has 1 N–H and O–H groups in total. The lowest BCUT2D eigenvalue weighted by atomic mass is 10.1. The first-order valence-electron chi connectivity index (χ1n) is 8.35. The van der Waals surface area contributed by atoms with Crippen LogP contribution in [0, 0.1) is 5.82 Å². The molecule has 3 aromatic heterocycles. The van der Waals surface area contributed by atoms with Gasteiger partial charge in [-0.25, -0.2) is 9.37 Å². The second-order valence-corrected chi connectivity index (χ2v) is 6.13. The number of aromatic nitrogens is 3. The summed E-state index contributed by atoms with van der Waals surface area (Å²) in [6.45, 7) is 0.0207. The number of hydrogen-bond acceptors (Lipinski definition) is 5. The van der Waals surface area contributed by atoms with Crippen molar-refractivity contribution in [3.8, 4) is 0 Å². The van der Waals surface area contributed by atoms with Crippen LogP contribution in [-0.2, 0) is 6.54 Å². The maximum atomic E-state index is 14.2. The van der Waals surface area contributed by atoms with E-state index < -0.39 is 11.7 Å². The van der Waals surface area contributed by atoms with Gasteiger partial charge in [0.1, 0.15) is 22.7 Å². The van der Waals surface area contributed by atoms with Gasteiger partial charge in [-0.1, -0.05) is 6.07 Å². The highest BCUT2D eigenvalue weighted by Gasteiger charge is 2.12. The number of nitrogens with zero attached hydrogens (tertiary/aromatic N) is 3. The molecule has 0 fully saturated rings. The van der Waals surface area contributed by atoms with Gasteiger partial charge < -0.3 is 5.32 Å². The normalized spacial score (nSPS) is 10.9. The zero-order valence-corrected chi connectivity index (χ0v) is 14.4. The molecule has 28 heavy (non-hydrogen) atoms. The first-order chi connectivity index (χ1) is 13.5. The number of amides is 1. The zero-order valence-electron chi connectivity index (χ0n) is 14.4.